The normalized spacial score (nSPS) is 18.0. The second kappa shape index (κ2) is 9.71. The molecule has 0 unspecified atom stereocenters. The van der Waals surface area contributed by atoms with Gasteiger partial charge in [0.2, 0.25) is 0 Å². The van der Waals surface area contributed by atoms with Crippen molar-refractivity contribution in [3.8, 4) is 0 Å². The highest BCUT2D eigenvalue weighted by atomic mass is 16.3. The van der Waals surface area contributed by atoms with Gasteiger partial charge in [-0.05, 0) is 42.7 Å². The highest BCUT2D eigenvalue weighted by Crippen LogP contribution is 2.28. The van der Waals surface area contributed by atoms with Crippen molar-refractivity contribution in [3.05, 3.63) is 65.7 Å². The van der Waals surface area contributed by atoms with Crippen LogP contribution in [-0.4, -0.2) is 55.2 Å². The van der Waals surface area contributed by atoms with Crippen molar-refractivity contribution < 1.29 is 9.90 Å². The summed E-state index contributed by atoms with van der Waals surface area (Å²) < 4.78 is 0. The summed E-state index contributed by atoms with van der Waals surface area (Å²) in [6.45, 7) is 5.25. The van der Waals surface area contributed by atoms with E-state index in [1.54, 1.807) is 0 Å². The number of amides is 1. The lowest BCUT2D eigenvalue weighted by molar-refractivity contribution is 0.0953. The van der Waals surface area contributed by atoms with Crippen LogP contribution in [0.3, 0.4) is 0 Å². The number of likely N-dealkylation sites (tertiary alicyclic amines) is 1. The molecule has 2 N–H and O–H groups in total. The van der Waals surface area contributed by atoms with Gasteiger partial charge in [0.1, 0.15) is 0 Å². The van der Waals surface area contributed by atoms with E-state index >= 15 is 0 Å². The second-order valence-corrected chi connectivity index (χ2v) is 7.54. The highest BCUT2D eigenvalue weighted by molar-refractivity contribution is 5.94. The molecule has 5 nitrogen and oxygen atoms in total. The van der Waals surface area contributed by atoms with E-state index in [1.165, 1.54) is 5.56 Å². The molecule has 1 aliphatic rings. The van der Waals surface area contributed by atoms with Crippen LogP contribution >= 0.6 is 0 Å². The van der Waals surface area contributed by atoms with Gasteiger partial charge < -0.3 is 15.3 Å². The number of aliphatic hydroxyl groups is 1. The first kappa shape index (κ1) is 20.4. The van der Waals surface area contributed by atoms with Gasteiger partial charge in [-0.15, -0.1) is 0 Å². The Morgan fingerprint density at radius 2 is 1.93 bits per heavy atom. The van der Waals surface area contributed by atoms with Crippen molar-refractivity contribution in [2.75, 3.05) is 38.1 Å². The lowest BCUT2D eigenvalue weighted by Crippen LogP contribution is -2.36. The van der Waals surface area contributed by atoms with E-state index in [2.05, 4.69) is 46.4 Å². The molecule has 1 amide bonds. The Balaban J connectivity index is 1.76. The summed E-state index contributed by atoms with van der Waals surface area (Å²) >= 11 is 0. The predicted molar refractivity (Wildman–Crippen MR) is 114 cm³/mol. The van der Waals surface area contributed by atoms with Crippen LogP contribution in [0, 0.1) is 0 Å². The third-order valence-electron chi connectivity index (χ3n) is 5.40. The molecule has 0 bridgehead atoms. The average Bonchev–Trinajstić information content (AvgIpc) is 3.15. The Bertz CT molecular complexity index is 748. The molecule has 0 saturated carbocycles. The first-order valence-electron chi connectivity index (χ1n) is 10.1. The summed E-state index contributed by atoms with van der Waals surface area (Å²) in [6.07, 6.45) is 1.55. The summed E-state index contributed by atoms with van der Waals surface area (Å²) in [5.74, 6) is -0.0262. The second-order valence-electron chi connectivity index (χ2n) is 7.54. The molecule has 1 saturated heterocycles. The molecule has 0 spiro atoms. The van der Waals surface area contributed by atoms with E-state index in [9.17, 15) is 9.90 Å². The number of hydrogen-bond donors (Lipinski definition) is 2. The summed E-state index contributed by atoms with van der Waals surface area (Å²) in [4.78, 5) is 16.7. The highest BCUT2D eigenvalue weighted by Gasteiger charge is 2.26. The summed E-state index contributed by atoms with van der Waals surface area (Å²) in [5.41, 5.74) is 3.00. The molecule has 2 aromatic carbocycles. The molecule has 0 aliphatic carbocycles. The van der Waals surface area contributed by atoms with E-state index in [0.29, 0.717) is 12.1 Å². The first-order chi connectivity index (χ1) is 13.6. The van der Waals surface area contributed by atoms with Gasteiger partial charge in [-0.25, -0.2) is 0 Å². The standard InChI is InChI=1S/C23H31N3O2/c1-3-14-24-23(28)19-9-11-20(12-10-19)25(2)22(18-7-5-4-6-8-18)17-26-15-13-21(27)16-26/h4-12,21-22,27H,3,13-17H2,1-2H3,(H,24,28)/t21-,22+/m0/s1. The largest absolute Gasteiger partial charge is 0.392 e. The number of nitrogens with one attached hydrogen (secondary N) is 1. The topological polar surface area (TPSA) is 55.8 Å². The van der Waals surface area contributed by atoms with E-state index < -0.39 is 0 Å². The number of likely N-dealkylation sites (N-methyl/N-ethyl adjacent to an activating group) is 1. The van der Waals surface area contributed by atoms with Gasteiger partial charge in [0.25, 0.3) is 5.91 Å². The predicted octanol–water partition coefficient (Wildman–Crippen LogP) is 3.07. The maximum absolute atomic E-state index is 12.1. The van der Waals surface area contributed by atoms with E-state index in [-0.39, 0.29) is 18.1 Å². The Morgan fingerprint density at radius 1 is 1.21 bits per heavy atom. The van der Waals surface area contributed by atoms with Crippen molar-refractivity contribution in [1.82, 2.24) is 10.2 Å². The van der Waals surface area contributed by atoms with Crippen LogP contribution in [0.5, 0.6) is 0 Å². The maximum Gasteiger partial charge on any atom is 0.251 e. The van der Waals surface area contributed by atoms with Crippen molar-refractivity contribution in [1.29, 1.82) is 0 Å². The monoisotopic (exact) mass is 381 g/mol. The summed E-state index contributed by atoms with van der Waals surface area (Å²) in [6, 6.07) is 18.4. The van der Waals surface area contributed by atoms with E-state index in [0.717, 1.165) is 38.2 Å². The number of nitrogens with zero attached hydrogens (tertiary/aromatic N) is 2. The van der Waals surface area contributed by atoms with Gasteiger partial charge in [0.05, 0.1) is 12.1 Å². The molecule has 2 atom stereocenters. The molecular weight excluding hydrogens is 350 g/mol. The van der Waals surface area contributed by atoms with Gasteiger partial charge >= 0.3 is 0 Å². The number of aliphatic hydroxyl groups excluding tert-OH is 1. The fourth-order valence-electron chi connectivity index (χ4n) is 3.72. The lowest BCUT2D eigenvalue weighted by Gasteiger charge is -2.33. The Kier molecular flexibility index (Phi) is 7.06. The molecular formula is C23H31N3O2. The molecule has 150 valence electrons. The minimum atomic E-state index is -0.220. The van der Waals surface area contributed by atoms with Crippen LogP contribution in [0.25, 0.3) is 0 Å². The SMILES string of the molecule is CCCNC(=O)c1ccc(N(C)[C@H](CN2CC[C@H](O)C2)c2ccccc2)cc1. The van der Waals surface area contributed by atoms with Crippen molar-refractivity contribution >= 4 is 11.6 Å². The Hall–Kier alpha value is -2.37. The van der Waals surface area contributed by atoms with Gasteiger partial charge in [-0.2, -0.15) is 0 Å². The lowest BCUT2D eigenvalue weighted by atomic mass is 10.0. The zero-order chi connectivity index (χ0) is 19.9. The summed E-state index contributed by atoms with van der Waals surface area (Å²) in [7, 11) is 2.09. The molecule has 3 rings (SSSR count). The minimum absolute atomic E-state index is 0.0262. The van der Waals surface area contributed by atoms with Gasteiger partial charge in [0, 0.05) is 44.5 Å². The summed E-state index contributed by atoms with van der Waals surface area (Å²) in [5, 5.41) is 12.8. The number of β-amino-alcohol motifs (C(OH)–C–C–N with tert-alkyl or cyclic N) is 1. The third-order valence-corrected chi connectivity index (χ3v) is 5.40. The molecule has 1 heterocycles. The number of carbonyl (C=O) groups excluding carboxylic acids is 1. The van der Waals surface area contributed by atoms with Crippen LogP contribution in [0.15, 0.2) is 54.6 Å². The van der Waals surface area contributed by atoms with Crippen LogP contribution in [0.1, 0.15) is 41.7 Å². The molecule has 1 fully saturated rings. The minimum Gasteiger partial charge on any atom is -0.392 e. The van der Waals surface area contributed by atoms with E-state index in [4.69, 9.17) is 0 Å². The molecule has 0 radical (unpaired) electrons. The number of hydrogen-bond acceptors (Lipinski definition) is 4. The molecule has 5 heteroatoms. The number of carbonyl (C=O) groups is 1. The van der Waals surface area contributed by atoms with Gasteiger partial charge in [0.15, 0.2) is 0 Å². The molecule has 28 heavy (non-hydrogen) atoms. The smallest absolute Gasteiger partial charge is 0.251 e. The van der Waals surface area contributed by atoms with Crippen LogP contribution in [0.2, 0.25) is 0 Å². The van der Waals surface area contributed by atoms with Gasteiger partial charge in [-0.3, -0.25) is 9.69 Å². The third kappa shape index (κ3) is 5.12. The Morgan fingerprint density at radius 3 is 2.54 bits per heavy atom. The van der Waals surface area contributed by atoms with Crippen LogP contribution in [-0.2, 0) is 0 Å². The van der Waals surface area contributed by atoms with Crippen molar-refractivity contribution in [2.24, 2.45) is 0 Å². The average molecular weight is 382 g/mol. The maximum atomic E-state index is 12.1. The number of benzene rings is 2. The molecule has 0 aromatic heterocycles. The zero-order valence-electron chi connectivity index (χ0n) is 16.8. The van der Waals surface area contributed by atoms with Crippen LogP contribution in [0.4, 0.5) is 5.69 Å². The Labute approximate surface area is 168 Å². The van der Waals surface area contributed by atoms with Crippen molar-refractivity contribution in [2.45, 2.75) is 31.9 Å². The zero-order valence-corrected chi connectivity index (χ0v) is 16.8. The van der Waals surface area contributed by atoms with Gasteiger partial charge in [-0.1, -0.05) is 37.3 Å². The number of anilines is 1. The van der Waals surface area contributed by atoms with Crippen LogP contribution < -0.4 is 10.2 Å². The molecule has 2 aromatic rings. The fraction of sp³-hybridized carbons (Fsp3) is 0.435. The number of rotatable bonds is 8. The molecule has 1 aliphatic heterocycles. The van der Waals surface area contributed by atoms with Crippen molar-refractivity contribution in [3.63, 3.8) is 0 Å². The first-order valence-corrected chi connectivity index (χ1v) is 10.1. The fourth-order valence-corrected chi connectivity index (χ4v) is 3.72. The van der Waals surface area contributed by atoms with E-state index in [1.807, 2.05) is 37.3 Å². The quantitative estimate of drug-likeness (QED) is 0.738.